The molecule has 1 atom stereocenters. The normalized spacial score (nSPS) is 21.1. The van der Waals surface area contributed by atoms with Gasteiger partial charge in [0.2, 0.25) is 0 Å². The van der Waals surface area contributed by atoms with Crippen LogP contribution in [0.2, 0.25) is 0 Å². The summed E-state index contributed by atoms with van der Waals surface area (Å²) in [4.78, 5) is 2.63. The third kappa shape index (κ3) is 4.98. The second-order valence-corrected chi connectivity index (χ2v) is 8.01. The fraction of sp³-hybridized carbons (Fsp3) is 0.619. The number of piperidine rings is 1. The Morgan fingerprint density at radius 3 is 2.50 bits per heavy atom. The minimum absolute atomic E-state index is 0.236. The van der Waals surface area contributed by atoms with Gasteiger partial charge in [-0.15, -0.1) is 0 Å². The largest absolute Gasteiger partial charge is 0.299 e. The molecular weight excluding hydrogens is 266 g/mol. The molecule has 0 radical (unpaired) electrons. The standard InChI is InChI=1S/C21H33N/c1-6-18-8-7-13-22(16-18)15-17(2)14-19-9-11-20(12-10-19)21(3,4)5/h9-12,14,18H,6-8,13,15-16H2,1-5H3. The van der Waals surface area contributed by atoms with Gasteiger partial charge in [0, 0.05) is 13.1 Å². The monoisotopic (exact) mass is 299 g/mol. The Hall–Kier alpha value is -1.08. The molecule has 1 saturated heterocycles. The first-order valence-electron chi connectivity index (χ1n) is 8.88. The van der Waals surface area contributed by atoms with Gasteiger partial charge in [-0.25, -0.2) is 0 Å². The van der Waals surface area contributed by atoms with E-state index in [1.807, 2.05) is 0 Å². The fourth-order valence-corrected chi connectivity index (χ4v) is 3.39. The minimum atomic E-state index is 0.236. The van der Waals surface area contributed by atoms with Crippen molar-refractivity contribution in [1.82, 2.24) is 4.90 Å². The van der Waals surface area contributed by atoms with Gasteiger partial charge in [0.25, 0.3) is 0 Å². The summed E-state index contributed by atoms with van der Waals surface area (Å²) in [6.07, 6.45) is 6.46. The summed E-state index contributed by atoms with van der Waals surface area (Å²) in [6.45, 7) is 15.1. The maximum absolute atomic E-state index is 2.63. The molecule has 1 aromatic rings. The van der Waals surface area contributed by atoms with Gasteiger partial charge in [0.1, 0.15) is 0 Å². The molecule has 1 fully saturated rings. The van der Waals surface area contributed by atoms with Gasteiger partial charge in [-0.05, 0) is 48.8 Å². The van der Waals surface area contributed by atoms with E-state index in [1.54, 1.807) is 0 Å². The second-order valence-electron chi connectivity index (χ2n) is 8.01. The number of nitrogens with zero attached hydrogens (tertiary/aromatic N) is 1. The van der Waals surface area contributed by atoms with E-state index < -0.39 is 0 Å². The van der Waals surface area contributed by atoms with Gasteiger partial charge < -0.3 is 0 Å². The highest BCUT2D eigenvalue weighted by Gasteiger charge is 2.18. The van der Waals surface area contributed by atoms with Crippen molar-refractivity contribution < 1.29 is 0 Å². The molecule has 122 valence electrons. The SMILES string of the molecule is CCC1CCCN(CC(C)=Cc2ccc(C(C)(C)C)cc2)C1. The molecule has 0 bridgehead atoms. The quantitative estimate of drug-likeness (QED) is 0.708. The highest BCUT2D eigenvalue weighted by atomic mass is 15.1. The molecule has 1 aliphatic heterocycles. The van der Waals surface area contributed by atoms with Gasteiger partial charge in [-0.2, -0.15) is 0 Å². The van der Waals surface area contributed by atoms with Crippen molar-refractivity contribution in [2.24, 2.45) is 5.92 Å². The lowest BCUT2D eigenvalue weighted by molar-refractivity contribution is 0.185. The zero-order valence-electron chi connectivity index (χ0n) is 15.2. The average molecular weight is 300 g/mol. The number of benzene rings is 1. The predicted molar refractivity (Wildman–Crippen MR) is 98.2 cm³/mol. The summed E-state index contributed by atoms with van der Waals surface area (Å²) in [5.41, 5.74) is 4.44. The first-order chi connectivity index (χ1) is 10.4. The molecule has 0 spiro atoms. The van der Waals surface area contributed by atoms with Crippen LogP contribution in [-0.2, 0) is 5.41 Å². The number of likely N-dealkylation sites (tertiary alicyclic amines) is 1. The fourth-order valence-electron chi connectivity index (χ4n) is 3.39. The van der Waals surface area contributed by atoms with E-state index in [0.29, 0.717) is 0 Å². The molecule has 0 saturated carbocycles. The molecule has 1 heterocycles. The van der Waals surface area contributed by atoms with Crippen molar-refractivity contribution in [3.63, 3.8) is 0 Å². The highest BCUT2D eigenvalue weighted by molar-refractivity contribution is 5.53. The Labute approximate surface area is 137 Å². The third-order valence-corrected chi connectivity index (χ3v) is 4.84. The predicted octanol–water partition coefficient (Wildman–Crippen LogP) is 5.51. The summed E-state index contributed by atoms with van der Waals surface area (Å²) >= 11 is 0. The Morgan fingerprint density at radius 2 is 1.91 bits per heavy atom. The molecule has 0 aliphatic carbocycles. The molecule has 1 nitrogen and oxygen atoms in total. The lowest BCUT2D eigenvalue weighted by Gasteiger charge is -2.32. The smallest absolute Gasteiger partial charge is 0.0193 e. The number of rotatable bonds is 4. The molecule has 1 unspecified atom stereocenters. The van der Waals surface area contributed by atoms with Crippen LogP contribution in [-0.4, -0.2) is 24.5 Å². The minimum Gasteiger partial charge on any atom is -0.299 e. The van der Waals surface area contributed by atoms with E-state index in [-0.39, 0.29) is 5.41 Å². The van der Waals surface area contributed by atoms with Crippen LogP contribution < -0.4 is 0 Å². The van der Waals surface area contributed by atoms with Crippen LogP contribution >= 0.6 is 0 Å². The van der Waals surface area contributed by atoms with Gasteiger partial charge in [0.05, 0.1) is 0 Å². The summed E-state index contributed by atoms with van der Waals surface area (Å²) in [7, 11) is 0. The first kappa shape index (κ1) is 17.3. The van der Waals surface area contributed by atoms with Gasteiger partial charge >= 0.3 is 0 Å². The third-order valence-electron chi connectivity index (χ3n) is 4.84. The lowest BCUT2D eigenvalue weighted by Crippen LogP contribution is -2.36. The zero-order valence-corrected chi connectivity index (χ0v) is 15.2. The van der Waals surface area contributed by atoms with Crippen molar-refractivity contribution in [2.45, 2.75) is 59.3 Å². The topological polar surface area (TPSA) is 3.24 Å². The van der Waals surface area contributed by atoms with Crippen LogP contribution in [0.25, 0.3) is 6.08 Å². The Kier molecular flexibility index (Phi) is 5.86. The maximum atomic E-state index is 2.63. The van der Waals surface area contributed by atoms with E-state index in [1.165, 1.54) is 49.1 Å². The Balaban J connectivity index is 1.97. The number of hydrogen-bond acceptors (Lipinski definition) is 1. The maximum Gasteiger partial charge on any atom is 0.0193 e. The van der Waals surface area contributed by atoms with Crippen molar-refractivity contribution in [3.05, 3.63) is 41.0 Å². The second kappa shape index (κ2) is 7.46. The average Bonchev–Trinajstić information content (AvgIpc) is 2.47. The zero-order chi connectivity index (χ0) is 16.2. The van der Waals surface area contributed by atoms with Crippen molar-refractivity contribution in [1.29, 1.82) is 0 Å². The molecular formula is C21H33N. The molecule has 0 aromatic heterocycles. The summed E-state index contributed by atoms with van der Waals surface area (Å²) in [5, 5.41) is 0. The summed E-state index contributed by atoms with van der Waals surface area (Å²) in [6, 6.07) is 9.06. The van der Waals surface area contributed by atoms with Crippen molar-refractivity contribution >= 4 is 6.08 Å². The van der Waals surface area contributed by atoms with Crippen LogP contribution in [0.5, 0.6) is 0 Å². The molecule has 0 amide bonds. The van der Waals surface area contributed by atoms with E-state index in [0.717, 1.165) is 12.5 Å². The molecule has 0 N–H and O–H groups in total. The van der Waals surface area contributed by atoms with Gasteiger partial charge in [0.15, 0.2) is 0 Å². The van der Waals surface area contributed by atoms with E-state index in [9.17, 15) is 0 Å². The van der Waals surface area contributed by atoms with E-state index >= 15 is 0 Å². The Morgan fingerprint density at radius 1 is 1.23 bits per heavy atom. The van der Waals surface area contributed by atoms with Crippen molar-refractivity contribution in [2.75, 3.05) is 19.6 Å². The van der Waals surface area contributed by atoms with E-state index in [2.05, 4.69) is 69.9 Å². The van der Waals surface area contributed by atoms with Crippen LogP contribution in [0.4, 0.5) is 0 Å². The Bertz CT molecular complexity index is 490. The van der Waals surface area contributed by atoms with Gasteiger partial charge in [-0.3, -0.25) is 4.90 Å². The van der Waals surface area contributed by atoms with Crippen LogP contribution in [0.1, 0.15) is 65.0 Å². The molecule has 1 aliphatic rings. The molecule has 1 heteroatoms. The highest BCUT2D eigenvalue weighted by Crippen LogP contribution is 2.23. The molecule has 2 rings (SSSR count). The molecule has 1 aromatic carbocycles. The summed E-state index contributed by atoms with van der Waals surface area (Å²) in [5.74, 6) is 0.910. The first-order valence-corrected chi connectivity index (χ1v) is 8.88. The van der Waals surface area contributed by atoms with Crippen molar-refractivity contribution in [3.8, 4) is 0 Å². The lowest BCUT2D eigenvalue weighted by atomic mass is 9.86. The van der Waals surface area contributed by atoms with Crippen LogP contribution in [0, 0.1) is 5.92 Å². The molecule has 22 heavy (non-hydrogen) atoms. The summed E-state index contributed by atoms with van der Waals surface area (Å²) < 4.78 is 0. The van der Waals surface area contributed by atoms with Crippen LogP contribution in [0.15, 0.2) is 29.8 Å². The number of hydrogen-bond donors (Lipinski definition) is 0. The van der Waals surface area contributed by atoms with Gasteiger partial charge in [-0.1, -0.05) is 70.0 Å². The van der Waals surface area contributed by atoms with Crippen LogP contribution in [0.3, 0.4) is 0 Å². The van der Waals surface area contributed by atoms with E-state index in [4.69, 9.17) is 0 Å².